The van der Waals surface area contributed by atoms with E-state index in [1.54, 1.807) is 0 Å². The minimum atomic E-state index is 0.470. The van der Waals surface area contributed by atoms with Crippen molar-refractivity contribution in [2.24, 2.45) is 16.8 Å². The van der Waals surface area contributed by atoms with Crippen LogP contribution in [0.15, 0.2) is 53.6 Å². The van der Waals surface area contributed by atoms with Crippen LogP contribution in [0, 0.1) is 6.92 Å². The van der Waals surface area contributed by atoms with E-state index in [9.17, 15) is 0 Å². The van der Waals surface area contributed by atoms with Gasteiger partial charge in [-0.15, -0.1) is 0 Å². The third-order valence-electron chi connectivity index (χ3n) is 2.78. The zero-order valence-electron chi connectivity index (χ0n) is 10.2. The first-order valence-electron chi connectivity index (χ1n) is 5.67. The van der Waals surface area contributed by atoms with Crippen molar-refractivity contribution in [2.45, 2.75) is 6.92 Å². The standard InChI is InChI=1S/C14H16N4/c1-10-7-8-12(11-5-3-2-4-6-11)13(9-10)14(17-15)18-16/h2-9H,15-16H2,1H3,(H,17,18). The number of rotatable bonds is 2. The summed E-state index contributed by atoms with van der Waals surface area (Å²) in [6.45, 7) is 2.02. The van der Waals surface area contributed by atoms with Crippen LogP contribution in [-0.2, 0) is 0 Å². The van der Waals surface area contributed by atoms with E-state index in [1.165, 1.54) is 0 Å². The summed E-state index contributed by atoms with van der Waals surface area (Å²) in [5.41, 5.74) is 6.70. The van der Waals surface area contributed by atoms with Gasteiger partial charge in [0.15, 0.2) is 5.84 Å². The minimum absolute atomic E-state index is 0.470. The Labute approximate surface area is 106 Å². The lowest BCUT2D eigenvalue weighted by Gasteiger charge is -2.12. The van der Waals surface area contributed by atoms with Crippen LogP contribution in [0.5, 0.6) is 0 Å². The molecular formula is C14H16N4. The Morgan fingerprint density at radius 1 is 1.11 bits per heavy atom. The van der Waals surface area contributed by atoms with E-state index >= 15 is 0 Å². The van der Waals surface area contributed by atoms with Gasteiger partial charge in [0.25, 0.3) is 0 Å². The number of hydrogen-bond donors (Lipinski definition) is 3. The molecule has 0 saturated carbocycles. The van der Waals surface area contributed by atoms with Crippen LogP contribution in [0.2, 0.25) is 0 Å². The third kappa shape index (κ3) is 2.33. The van der Waals surface area contributed by atoms with Crippen LogP contribution in [0.3, 0.4) is 0 Å². The van der Waals surface area contributed by atoms with Crippen LogP contribution < -0.4 is 17.1 Å². The summed E-state index contributed by atoms with van der Waals surface area (Å²) in [6, 6.07) is 16.2. The van der Waals surface area contributed by atoms with Crippen molar-refractivity contribution in [3.63, 3.8) is 0 Å². The molecule has 0 aliphatic rings. The van der Waals surface area contributed by atoms with Crippen molar-refractivity contribution in [1.29, 1.82) is 0 Å². The molecule has 0 saturated heterocycles. The number of hydrogen-bond acceptors (Lipinski definition) is 3. The van der Waals surface area contributed by atoms with Gasteiger partial charge in [0, 0.05) is 5.56 Å². The number of benzene rings is 2. The van der Waals surface area contributed by atoms with Crippen LogP contribution in [0.4, 0.5) is 0 Å². The maximum absolute atomic E-state index is 5.45. The molecule has 0 spiro atoms. The normalized spacial score (nSPS) is 11.3. The summed E-state index contributed by atoms with van der Waals surface area (Å²) in [4.78, 5) is 0. The fourth-order valence-corrected chi connectivity index (χ4v) is 1.91. The monoisotopic (exact) mass is 240 g/mol. The predicted molar refractivity (Wildman–Crippen MR) is 74.7 cm³/mol. The minimum Gasteiger partial charge on any atom is -0.321 e. The highest BCUT2D eigenvalue weighted by Crippen LogP contribution is 2.24. The van der Waals surface area contributed by atoms with Crippen LogP contribution in [-0.4, -0.2) is 5.84 Å². The van der Waals surface area contributed by atoms with Gasteiger partial charge in [-0.2, -0.15) is 5.10 Å². The molecular weight excluding hydrogens is 224 g/mol. The number of nitrogens with two attached hydrogens (primary N) is 2. The molecule has 0 fully saturated rings. The topological polar surface area (TPSA) is 76.4 Å². The van der Waals surface area contributed by atoms with E-state index < -0.39 is 0 Å². The molecule has 92 valence electrons. The van der Waals surface area contributed by atoms with Crippen LogP contribution in [0.25, 0.3) is 11.1 Å². The highest BCUT2D eigenvalue weighted by Gasteiger charge is 2.10. The Morgan fingerprint density at radius 2 is 1.83 bits per heavy atom. The molecule has 0 aliphatic heterocycles. The Balaban J connectivity index is 2.61. The highest BCUT2D eigenvalue weighted by molar-refractivity contribution is 6.04. The van der Waals surface area contributed by atoms with Gasteiger partial charge in [-0.1, -0.05) is 48.0 Å². The highest BCUT2D eigenvalue weighted by atomic mass is 15.3. The van der Waals surface area contributed by atoms with E-state index in [4.69, 9.17) is 11.7 Å². The number of nitrogens with one attached hydrogen (secondary N) is 1. The number of nitrogens with zero attached hydrogens (tertiary/aromatic N) is 1. The van der Waals surface area contributed by atoms with E-state index in [-0.39, 0.29) is 0 Å². The maximum Gasteiger partial charge on any atom is 0.167 e. The second kappa shape index (κ2) is 5.33. The van der Waals surface area contributed by atoms with Crippen molar-refractivity contribution < 1.29 is 0 Å². The molecule has 0 aromatic heterocycles. The van der Waals surface area contributed by atoms with Crippen molar-refractivity contribution >= 4 is 5.84 Å². The summed E-state index contributed by atoms with van der Waals surface area (Å²) in [7, 11) is 0. The fourth-order valence-electron chi connectivity index (χ4n) is 1.91. The lowest BCUT2D eigenvalue weighted by Crippen LogP contribution is -2.32. The number of aryl methyl sites for hydroxylation is 1. The zero-order valence-corrected chi connectivity index (χ0v) is 10.2. The number of hydrazone groups is 1. The molecule has 0 atom stereocenters. The largest absolute Gasteiger partial charge is 0.321 e. The third-order valence-corrected chi connectivity index (χ3v) is 2.78. The first kappa shape index (κ1) is 12.1. The SMILES string of the molecule is Cc1ccc(-c2ccccc2)c(/C(=N/N)NN)c1. The van der Waals surface area contributed by atoms with Gasteiger partial charge < -0.3 is 11.3 Å². The van der Waals surface area contributed by atoms with E-state index in [0.29, 0.717) is 5.84 Å². The molecule has 0 bridgehead atoms. The fraction of sp³-hybridized carbons (Fsp3) is 0.0714. The van der Waals surface area contributed by atoms with Gasteiger partial charge in [-0.25, -0.2) is 5.84 Å². The Hall–Kier alpha value is -2.33. The van der Waals surface area contributed by atoms with Crippen molar-refractivity contribution in [2.75, 3.05) is 0 Å². The molecule has 5 N–H and O–H groups in total. The first-order chi connectivity index (χ1) is 8.76. The maximum atomic E-state index is 5.45. The molecule has 2 aromatic rings. The summed E-state index contributed by atoms with van der Waals surface area (Å²) in [5.74, 6) is 11.3. The summed E-state index contributed by atoms with van der Waals surface area (Å²) >= 11 is 0. The zero-order chi connectivity index (χ0) is 13.0. The molecule has 4 heteroatoms. The molecule has 0 aliphatic carbocycles. The lowest BCUT2D eigenvalue weighted by molar-refractivity contribution is 1.00. The van der Waals surface area contributed by atoms with Gasteiger partial charge in [-0.05, 0) is 24.1 Å². The molecule has 2 rings (SSSR count). The quantitative estimate of drug-likeness (QED) is 0.324. The molecule has 4 nitrogen and oxygen atoms in total. The molecule has 0 radical (unpaired) electrons. The summed E-state index contributed by atoms with van der Waals surface area (Å²) in [5, 5.41) is 3.68. The Morgan fingerprint density at radius 3 is 2.44 bits per heavy atom. The van der Waals surface area contributed by atoms with E-state index in [1.807, 2.05) is 49.4 Å². The average molecular weight is 240 g/mol. The Bertz CT molecular complexity index is 561. The van der Waals surface area contributed by atoms with Crippen LogP contribution >= 0.6 is 0 Å². The van der Waals surface area contributed by atoms with E-state index in [0.717, 1.165) is 22.3 Å². The smallest absolute Gasteiger partial charge is 0.167 e. The molecule has 0 amide bonds. The first-order valence-corrected chi connectivity index (χ1v) is 5.67. The average Bonchev–Trinajstić information content (AvgIpc) is 2.41. The second-order valence-electron chi connectivity index (χ2n) is 4.04. The van der Waals surface area contributed by atoms with Gasteiger partial charge in [0.2, 0.25) is 0 Å². The van der Waals surface area contributed by atoms with Crippen molar-refractivity contribution in [3.8, 4) is 11.1 Å². The summed E-state index contributed by atoms with van der Waals surface area (Å²) in [6.07, 6.45) is 0. The molecule has 18 heavy (non-hydrogen) atoms. The molecule has 0 unspecified atom stereocenters. The Kier molecular flexibility index (Phi) is 3.60. The van der Waals surface area contributed by atoms with Gasteiger partial charge >= 0.3 is 0 Å². The molecule has 2 aromatic carbocycles. The van der Waals surface area contributed by atoms with Crippen LogP contribution in [0.1, 0.15) is 11.1 Å². The molecule has 0 heterocycles. The van der Waals surface area contributed by atoms with E-state index in [2.05, 4.69) is 16.6 Å². The number of amidine groups is 1. The summed E-state index contributed by atoms with van der Waals surface area (Å²) < 4.78 is 0. The second-order valence-corrected chi connectivity index (χ2v) is 4.04. The van der Waals surface area contributed by atoms with Crippen molar-refractivity contribution in [1.82, 2.24) is 5.43 Å². The lowest BCUT2D eigenvalue weighted by atomic mass is 9.97. The number of hydrazine groups is 1. The van der Waals surface area contributed by atoms with Gasteiger partial charge in [-0.3, -0.25) is 0 Å². The predicted octanol–water partition coefficient (Wildman–Crippen LogP) is 1.75. The van der Waals surface area contributed by atoms with Gasteiger partial charge in [0.1, 0.15) is 0 Å². The van der Waals surface area contributed by atoms with Crippen molar-refractivity contribution in [3.05, 3.63) is 59.7 Å². The van der Waals surface area contributed by atoms with Gasteiger partial charge in [0.05, 0.1) is 0 Å².